The summed E-state index contributed by atoms with van der Waals surface area (Å²) in [6.45, 7) is 12.4. The smallest absolute Gasteiger partial charge is 0.668 e. The molecule has 0 aromatic heterocycles. The Kier molecular flexibility index (Phi) is 22.2. The van der Waals surface area contributed by atoms with E-state index in [1.165, 1.54) is 11.1 Å². The van der Waals surface area contributed by atoms with Crippen molar-refractivity contribution in [3.63, 3.8) is 0 Å². The minimum Gasteiger partial charge on any atom is -0.668 e. The number of benzene rings is 4. The van der Waals surface area contributed by atoms with Gasteiger partial charge in [-0.1, -0.05) is 84.5 Å². The van der Waals surface area contributed by atoms with Gasteiger partial charge in [0.25, 0.3) is 0 Å². The SMILES string of the molecule is COc1ccccc1[N-]C=Nc1c(C)cc(C)cc1C.COc1ccccc1[N-]C=Nc1c(C)cc(C)cc1C.C[N-]C.C[N-]C.[Ti+4]. The van der Waals surface area contributed by atoms with Gasteiger partial charge in [0.15, 0.2) is 0 Å². The molecule has 0 N–H and O–H groups in total. The monoisotopic (exact) mass is 670 g/mol. The number of aliphatic imine (C=N–C) groups is 2. The second kappa shape index (κ2) is 24.3. The zero-order valence-corrected chi connectivity index (χ0v) is 31.6. The van der Waals surface area contributed by atoms with E-state index < -0.39 is 0 Å². The predicted molar refractivity (Wildman–Crippen MR) is 200 cm³/mol. The first-order valence-corrected chi connectivity index (χ1v) is 14.9. The van der Waals surface area contributed by atoms with E-state index in [9.17, 15) is 0 Å². The Morgan fingerprint density at radius 1 is 0.511 bits per heavy atom. The van der Waals surface area contributed by atoms with Crippen molar-refractivity contribution in [2.75, 3.05) is 42.4 Å². The summed E-state index contributed by atoms with van der Waals surface area (Å²) in [5.74, 6) is 1.49. The fourth-order valence-corrected chi connectivity index (χ4v) is 4.52. The Hall–Kier alpha value is -3.95. The van der Waals surface area contributed by atoms with Gasteiger partial charge in [0.05, 0.1) is 14.2 Å². The van der Waals surface area contributed by atoms with E-state index in [2.05, 4.69) is 97.1 Å². The molecule has 0 bridgehead atoms. The maximum Gasteiger partial charge on any atom is 4.00 e. The normalized spacial score (nSPS) is 9.96. The number of hydrogen-bond donors (Lipinski definition) is 0. The summed E-state index contributed by atoms with van der Waals surface area (Å²) >= 11 is 0. The van der Waals surface area contributed by atoms with Crippen LogP contribution in [0.4, 0.5) is 22.7 Å². The molecule has 4 aromatic rings. The van der Waals surface area contributed by atoms with Crippen molar-refractivity contribution in [1.82, 2.24) is 0 Å². The van der Waals surface area contributed by atoms with E-state index in [0.29, 0.717) is 0 Å². The molecule has 0 saturated carbocycles. The van der Waals surface area contributed by atoms with Crippen LogP contribution in [0.2, 0.25) is 0 Å². The summed E-state index contributed by atoms with van der Waals surface area (Å²) in [7, 11) is 10.3. The maximum absolute atomic E-state index is 5.26. The molecule has 0 aliphatic rings. The van der Waals surface area contributed by atoms with Gasteiger partial charge in [-0.15, -0.1) is 0 Å². The molecule has 4 rings (SSSR count). The molecular formula is C38H50N6O2Ti. The number of ether oxygens (including phenoxy) is 2. The average molecular weight is 671 g/mol. The van der Waals surface area contributed by atoms with E-state index in [-0.39, 0.29) is 21.7 Å². The first-order valence-electron chi connectivity index (χ1n) is 14.9. The van der Waals surface area contributed by atoms with Crippen LogP contribution >= 0.6 is 0 Å². The predicted octanol–water partition coefficient (Wildman–Crippen LogP) is 11.2. The van der Waals surface area contributed by atoms with Crippen molar-refractivity contribution in [3.05, 3.63) is 127 Å². The summed E-state index contributed by atoms with van der Waals surface area (Å²) in [6, 6.07) is 23.8. The molecule has 9 heteroatoms. The minimum atomic E-state index is 0. The first kappa shape index (κ1) is 43.1. The van der Waals surface area contributed by atoms with Gasteiger partial charge in [0.1, 0.15) is 11.5 Å². The van der Waals surface area contributed by atoms with Crippen LogP contribution in [0.15, 0.2) is 82.8 Å². The summed E-state index contributed by atoms with van der Waals surface area (Å²) in [5.41, 5.74) is 10.7. The van der Waals surface area contributed by atoms with Crippen LogP contribution in [0.3, 0.4) is 0 Å². The zero-order valence-electron chi connectivity index (χ0n) is 30.1. The van der Waals surface area contributed by atoms with Crippen LogP contribution in [0.5, 0.6) is 11.5 Å². The van der Waals surface area contributed by atoms with Gasteiger partial charge in [-0.05, 0) is 87.3 Å². The Balaban J connectivity index is 0.000000757. The Morgan fingerprint density at radius 3 is 1.06 bits per heavy atom. The second-order valence-electron chi connectivity index (χ2n) is 10.5. The molecule has 0 heterocycles. The summed E-state index contributed by atoms with van der Waals surface area (Å²) in [4.78, 5) is 8.94. The van der Waals surface area contributed by atoms with Crippen LogP contribution in [0.1, 0.15) is 33.4 Å². The van der Waals surface area contributed by atoms with Crippen LogP contribution in [-0.2, 0) is 21.7 Å². The zero-order chi connectivity index (χ0) is 34.5. The minimum absolute atomic E-state index is 0. The van der Waals surface area contributed by atoms with Crippen molar-refractivity contribution in [1.29, 1.82) is 0 Å². The van der Waals surface area contributed by atoms with E-state index in [1.54, 1.807) is 55.1 Å². The average Bonchev–Trinajstić information content (AvgIpc) is 3.01. The standard InChI is InChI=1S/2C17H19N2O.2C2H6N.Ti/c2*1-12-9-13(2)17(14(3)10-12)19-11-18-15-7-5-6-8-16(15)20-4;2*1-3-2;/h2*5-11H,1-4H3;2*1-2H3;/q4*-1;+4. The largest absolute Gasteiger partial charge is 4.00 e. The third kappa shape index (κ3) is 15.5. The fourth-order valence-electron chi connectivity index (χ4n) is 4.52. The van der Waals surface area contributed by atoms with Crippen molar-refractivity contribution >= 4 is 35.4 Å². The molecule has 248 valence electrons. The number of methoxy groups -OCH3 is 2. The Morgan fingerprint density at radius 2 is 0.787 bits per heavy atom. The van der Waals surface area contributed by atoms with Crippen molar-refractivity contribution in [2.45, 2.75) is 41.5 Å². The number of rotatable bonds is 8. The van der Waals surface area contributed by atoms with Gasteiger partial charge in [-0.3, -0.25) is 0 Å². The van der Waals surface area contributed by atoms with E-state index in [1.807, 2.05) is 48.5 Å². The van der Waals surface area contributed by atoms with Gasteiger partial charge in [-0.2, -0.15) is 28.2 Å². The molecule has 0 radical (unpaired) electrons. The topological polar surface area (TPSA) is 99.6 Å². The molecule has 0 fully saturated rings. The van der Waals surface area contributed by atoms with Crippen LogP contribution < -0.4 is 9.47 Å². The number of nitrogens with zero attached hydrogens (tertiary/aromatic N) is 6. The summed E-state index contributed by atoms with van der Waals surface area (Å²) < 4.78 is 10.5. The molecule has 4 aromatic carbocycles. The van der Waals surface area contributed by atoms with E-state index in [0.717, 1.165) is 56.5 Å². The van der Waals surface area contributed by atoms with Crippen molar-refractivity contribution < 1.29 is 31.2 Å². The van der Waals surface area contributed by atoms with Gasteiger partial charge < -0.3 is 40.7 Å². The molecule has 0 amide bonds. The van der Waals surface area contributed by atoms with E-state index >= 15 is 0 Å². The van der Waals surface area contributed by atoms with Crippen LogP contribution in [-0.4, -0.2) is 55.1 Å². The number of para-hydroxylation sites is 4. The summed E-state index contributed by atoms with van der Waals surface area (Å²) in [5, 5.41) is 15.7. The number of hydrogen-bond acceptors (Lipinski definition) is 4. The molecule has 0 unspecified atom stereocenters. The number of aryl methyl sites for hydroxylation is 6. The van der Waals surface area contributed by atoms with Gasteiger partial charge in [-0.25, -0.2) is 0 Å². The van der Waals surface area contributed by atoms with Crippen LogP contribution in [0, 0.1) is 41.5 Å². The third-order valence-corrected chi connectivity index (χ3v) is 6.21. The molecule has 0 aliphatic carbocycles. The quantitative estimate of drug-likeness (QED) is 0.106. The summed E-state index contributed by atoms with van der Waals surface area (Å²) in [6.07, 6.45) is 3.17. The molecule has 0 atom stereocenters. The van der Waals surface area contributed by atoms with Gasteiger partial charge in [0, 0.05) is 11.4 Å². The molecule has 8 nitrogen and oxygen atoms in total. The van der Waals surface area contributed by atoms with E-state index in [4.69, 9.17) is 9.47 Å². The van der Waals surface area contributed by atoms with Crippen molar-refractivity contribution in [3.8, 4) is 11.5 Å². The molecule has 0 spiro atoms. The van der Waals surface area contributed by atoms with Gasteiger partial charge in [0.2, 0.25) is 0 Å². The third-order valence-electron chi connectivity index (χ3n) is 6.21. The Bertz CT molecular complexity index is 1380. The second-order valence-corrected chi connectivity index (χ2v) is 10.5. The molecular weight excluding hydrogens is 620 g/mol. The van der Waals surface area contributed by atoms with Gasteiger partial charge >= 0.3 is 21.7 Å². The Labute approximate surface area is 298 Å². The molecule has 0 aliphatic heterocycles. The van der Waals surface area contributed by atoms with Crippen LogP contribution in [0.25, 0.3) is 21.3 Å². The fraction of sp³-hybridized carbons (Fsp3) is 0.316. The first-order chi connectivity index (χ1) is 22.1. The molecule has 0 saturated heterocycles. The van der Waals surface area contributed by atoms with Crippen molar-refractivity contribution in [2.24, 2.45) is 9.98 Å². The maximum atomic E-state index is 5.26. The molecule has 47 heavy (non-hydrogen) atoms.